The lowest BCUT2D eigenvalue weighted by molar-refractivity contribution is -0.116. The van der Waals surface area contributed by atoms with Crippen molar-refractivity contribution in [1.29, 1.82) is 0 Å². The van der Waals surface area contributed by atoms with Crippen molar-refractivity contribution in [1.82, 2.24) is 5.32 Å². The molecule has 142 valence electrons. The van der Waals surface area contributed by atoms with Gasteiger partial charge in [-0.2, -0.15) is 11.8 Å². The van der Waals surface area contributed by atoms with Crippen molar-refractivity contribution in [2.75, 3.05) is 12.3 Å². The van der Waals surface area contributed by atoms with Crippen molar-refractivity contribution in [3.63, 3.8) is 0 Å². The molecule has 2 aromatic rings. The summed E-state index contributed by atoms with van der Waals surface area (Å²) in [6.45, 7) is 4.59. The number of carbonyl (C=O) groups excluding carboxylic acids is 1. The third kappa shape index (κ3) is 4.73. The molecule has 3 rings (SSSR count). The average Bonchev–Trinajstić information content (AvgIpc) is 2.99. The Balaban J connectivity index is 1.59. The van der Waals surface area contributed by atoms with Gasteiger partial charge in [-0.05, 0) is 54.3 Å². The molecule has 0 bridgehead atoms. The summed E-state index contributed by atoms with van der Waals surface area (Å²) in [4.78, 5) is 12.1. The first-order valence-electron chi connectivity index (χ1n) is 9.14. The maximum atomic E-state index is 12.1. The Kier molecular flexibility index (Phi) is 6.24. The molecule has 1 amide bonds. The number of carbonyl (C=O) groups is 1. The van der Waals surface area contributed by atoms with Gasteiger partial charge in [-0.1, -0.05) is 30.3 Å². The molecule has 1 aliphatic heterocycles. The Morgan fingerprint density at radius 3 is 2.59 bits per heavy atom. The third-order valence-electron chi connectivity index (χ3n) is 5.04. The van der Waals surface area contributed by atoms with Crippen LogP contribution < -0.4 is 11.1 Å². The largest absolute Gasteiger partial charge is 0.508 e. The van der Waals surface area contributed by atoms with Gasteiger partial charge in [0.05, 0.1) is 0 Å². The van der Waals surface area contributed by atoms with Crippen LogP contribution in [0.25, 0.3) is 6.08 Å². The zero-order valence-electron chi connectivity index (χ0n) is 15.7. The Hall–Kier alpha value is -2.24. The number of aryl methyl sites for hydroxylation is 2. The van der Waals surface area contributed by atoms with Crippen LogP contribution in [0.1, 0.15) is 28.2 Å². The van der Waals surface area contributed by atoms with Crippen LogP contribution in [0.5, 0.6) is 5.75 Å². The summed E-state index contributed by atoms with van der Waals surface area (Å²) in [6.07, 6.45) is 3.37. The fourth-order valence-electron chi connectivity index (χ4n) is 3.71. The lowest BCUT2D eigenvalue weighted by atomic mass is 9.86. The van der Waals surface area contributed by atoms with E-state index in [1.807, 2.05) is 50.3 Å². The Bertz CT molecular complexity index is 812. The van der Waals surface area contributed by atoms with Crippen LogP contribution in [0.2, 0.25) is 0 Å². The lowest BCUT2D eigenvalue weighted by Crippen LogP contribution is -2.41. The molecule has 1 saturated heterocycles. The van der Waals surface area contributed by atoms with E-state index in [-0.39, 0.29) is 23.1 Å². The van der Waals surface area contributed by atoms with Gasteiger partial charge < -0.3 is 16.2 Å². The molecule has 5 heteroatoms. The number of benzene rings is 2. The standard InChI is InChI=1S/C22H26N2O2S/c1-14-10-17(25)11-15(2)21(14)18-13-27-19(22(18)23)12-24-20(26)9-8-16-6-4-3-5-7-16/h3-11,18-19,22,25H,12-13,23H2,1-2H3,(H,24,26)/b9-8+/t18?,19?,22-/m0/s1. The zero-order valence-corrected chi connectivity index (χ0v) is 16.5. The van der Waals surface area contributed by atoms with Gasteiger partial charge in [-0.25, -0.2) is 0 Å². The first-order chi connectivity index (χ1) is 13.0. The number of phenolic OH excluding ortho intramolecular Hbond substituents is 1. The van der Waals surface area contributed by atoms with E-state index in [0.717, 1.165) is 22.4 Å². The SMILES string of the molecule is Cc1cc(O)cc(C)c1C1CSC(CNC(=O)/C=C/c2ccccc2)[C@H]1N. The van der Waals surface area contributed by atoms with E-state index in [4.69, 9.17) is 5.73 Å². The molecule has 0 aliphatic carbocycles. The van der Waals surface area contributed by atoms with E-state index >= 15 is 0 Å². The summed E-state index contributed by atoms with van der Waals surface area (Å²) in [5.41, 5.74) is 10.9. The fraction of sp³-hybridized carbons (Fsp3) is 0.318. The number of hydrogen-bond donors (Lipinski definition) is 3. The second-order valence-corrected chi connectivity index (χ2v) is 8.31. The zero-order chi connectivity index (χ0) is 19.4. The van der Waals surface area contributed by atoms with Crippen LogP contribution in [0.15, 0.2) is 48.5 Å². The van der Waals surface area contributed by atoms with Gasteiger partial charge in [-0.15, -0.1) is 0 Å². The van der Waals surface area contributed by atoms with Crippen LogP contribution in [-0.2, 0) is 4.79 Å². The monoisotopic (exact) mass is 382 g/mol. The van der Waals surface area contributed by atoms with E-state index in [0.29, 0.717) is 12.3 Å². The fourth-order valence-corrected chi connectivity index (χ4v) is 5.17. The van der Waals surface area contributed by atoms with Gasteiger partial charge >= 0.3 is 0 Å². The van der Waals surface area contributed by atoms with E-state index in [1.165, 1.54) is 5.56 Å². The quantitative estimate of drug-likeness (QED) is 0.693. The van der Waals surface area contributed by atoms with Gasteiger partial charge in [0, 0.05) is 35.6 Å². The molecular formula is C22H26N2O2S. The van der Waals surface area contributed by atoms with E-state index < -0.39 is 0 Å². The van der Waals surface area contributed by atoms with Gasteiger partial charge in [0.25, 0.3) is 0 Å². The van der Waals surface area contributed by atoms with Gasteiger partial charge in [0.2, 0.25) is 5.91 Å². The Labute approximate surface area is 164 Å². The van der Waals surface area contributed by atoms with Crippen molar-refractivity contribution in [3.05, 3.63) is 70.8 Å². The lowest BCUT2D eigenvalue weighted by Gasteiger charge is -2.23. The number of rotatable bonds is 5. The number of hydrogen-bond acceptors (Lipinski definition) is 4. The highest BCUT2D eigenvalue weighted by atomic mass is 32.2. The van der Waals surface area contributed by atoms with Crippen molar-refractivity contribution < 1.29 is 9.90 Å². The topological polar surface area (TPSA) is 75.3 Å². The molecule has 4 nitrogen and oxygen atoms in total. The number of thioether (sulfide) groups is 1. The predicted octanol–water partition coefficient (Wildman–Crippen LogP) is 3.36. The number of nitrogens with one attached hydrogen (secondary N) is 1. The molecule has 0 aromatic heterocycles. The average molecular weight is 383 g/mol. The van der Waals surface area contributed by atoms with E-state index in [2.05, 4.69) is 5.32 Å². The summed E-state index contributed by atoms with van der Waals surface area (Å²) in [5.74, 6) is 1.35. The molecule has 0 spiro atoms. The minimum atomic E-state index is -0.105. The molecule has 1 fully saturated rings. The van der Waals surface area contributed by atoms with Crippen LogP contribution in [0.4, 0.5) is 0 Å². The smallest absolute Gasteiger partial charge is 0.244 e. The molecule has 1 aliphatic rings. The van der Waals surface area contributed by atoms with Crippen LogP contribution >= 0.6 is 11.8 Å². The predicted molar refractivity (Wildman–Crippen MR) is 113 cm³/mol. The molecule has 4 N–H and O–H groups in total. The van der Waals surface area contributed by atoms with Crippen molar-refractivity contribution in [2.45, 2.75) is 31.1 Å². The molecule has 0 radical (unpaired) electrons. The minimum Gasteiger partial charge on any atom is -0.508 e. The highest BCUT2D eigenvalue weighted by Gasteiger charge is 2.36. The molecule has 1 heterocycles. The summed E-state index contributed by atoms with van der Waals surface area (Å²) in [6, 6.07) is 13.3. The van der Waals surface area contributed by atoms with Crippen molar-refractivity contribution >= 4 is 23.7 Å². The highest BCUT2D eigenvalue weighted by molar-refractivity contribution is 8.00. The number of nitrogens with two attached hydrogens (primary N) is 1. The summed E-state index contributed by atoms with van der Waals surface area (Å²) in [7, 11) is 0. The second-order valence-electron chi connectivity index (χ2n) is 7.04. The maximum absolute atomic E-state index is 12.1. The van der Waals surface area contributed by atoms with Crippen LogP contribution in [0.3, 0.4) is 0 Å². The molecule has 2 aromatic carbocycles. The van der Waals surface area contributed by atoms with Gasteiger partial charge in [-0.3, -0.25) is 4.79 Å². The summed E-state index contributed by atoms with van der Waals surface area (Å²) >= 11 is 1.81. The van der Waals surface area contributed by atoms with Gasteiger partial charge in [0.15, 0.2) is 0 Å². The molecule has 2 unspecified atom stereocenters. The summed E-state index contributed by atoms with van der Waals surface area (Å²) in [5, 5.41) is 12.9. The second kappa shape index (κ2) is 8.63. The van der Waals surface area contributed by atoms with E-state index in [9.17, 15) is 9.90 Å². The highest BCUT2D eigenvalue weighted by Crippen LogP contribution is 2.40. The minimum absolute atomic E-state index is 0.0321. The normalized spacial score (nSPS) is 22.3. The first kappa shape index (κ1) is 19.5. The Morgan fingerprint density at radius 2 is 1.93 bits per heavy atom. The van der Waals surface area contributed by atoms with Crippen molar-refractivity contribution in [2.24, 2.45) is 5.73 Å². The summed E-state index contributed by atoms with van der Waals surface area (Å²) < 4.78 is 0. The van der Waals surface area contributed by atoms with Crippen molar-refractivity contribution in [3.8, 4) is 5.75 Å². The number of phenols is 1. The van der Waals surface area contributed by atoms with Gasteiger partial charge in [0.1, 0.15) is 5.75 Å². The number of aromatic hydroxyl groups is 1. The number of amides is 1. The molecule has 27 heavy (non-hydrogen) atoms. The van der Waals surface area contributed by atoms with Crippen LogP contribution in [-0.4, -0.2) is 34.6 Å². The first-order valence-corrected chi connectivity index (χ1v) is 10.2. The Morgan fingerprint density at radius 1 is 1.26 bits per heavy atom. The molecule has 3 atom stereocenters. The maximum Gasteiger partial charge on any atom is 0.244 e. The van der Waals surface area contributed by atoms with Crippen LogP contribution in [0, 0.1) is 13.8 Å². The molecular weight excluding hydrogens is 356 g/mol. The third-order valence-corrected chi connectivity index (χ3v) is 6.50. The molecule has 0 saturated carbocycles. The van der Waals surface area contributed by atoms with E-state index in [1.54, 1.807) is 30.0 Å².